The zero-order valence-electron chi connectivity index (χ0n) is 25.6. The average molecular weight is 763 g/mol. The van der Waals surface area contributed by atoms with E-state index in [1.54, 1.807) is 12.1 Å². The third kappa shape index (κ3) is 6.99. The van der Waals surface area contributed by atoms with Crippen LogP contribution < -0.4 is 0 Å². The van der Waals surface area contributed by atoms with Crippen molar-refractivity contribution in [3.05, 3.63) is 169 Å². The zero-order chi connectivity index (χ0) is 34.5. The Bertz CT molecular complexity index is 2560. The molecule has 1 aliphatic carbocycles. The van der Waals surface area contributed by atoms with Gasteiger partial charge in [-0.1, -0.05) is 80.4 Å². The summed E-state index contributed by atoms with van der Waals surface area (Å²) in [7, 11) is 0. The first-order valence-electron chi connectivity index (χ1n) is 14.9. The van der Waals surface area contributed by atoms with Crippen molar-refractivity contribution >= 4 is 53.7 Å². The van der Waals surface area contributed by atoms with E-state index in [1.807, 2.05) is 72.8 Å². The number of benzene rings is 6. The molecule has 0 saturated carbocycles. The third-order valence-electron chi connectivity index (χ3n) is 7.99. The van der Waals surface area contributed by atoms with Gasteiger partial charge in [-0.15, -0.1) is 0 Å². The van der Waals surface area contributed by atoms with Crippen LogP contribution in [0, 0.1) is 51.1 Å². The first-order chi connectivity index (χ1) is 23.8. The molecule has 232 valence electrons. The molecule has 8 rings (SSSR count). The van der Waals surface area contributed by atoms with Crippen LogP contribution in [0.5, 0.6) is 0 Å². The van der Waals surface area contributed by atoms with Crippen molar-refractivity contribution in [2.75, 3.05) is 0 Å². The van der Waals surface area contributed by atoms with Crippen molar-refractivity contribution < 1.29 is 4.39 Å². The number of rotatable bonds is 1. The lowest BCUT2D eigenvalue weighted by Crippen LogP contribution is -1.95. The molecule has 0 unspecified atom stereocenters. The van der Waals surface area contributed by atoms with E-state index < -0.39 is 5.82 Å². The van der Waals surface area contributed by atoms with E-state index in [0.717, 1.165) is 44.0 Å². The molecular formula is C41H22Br2FN5. The molecule has 0 spiro atoms. The van der Waals surface area contributed by atoms with E-state index in [9.17, 15) is 14.9 Å². The summed E-state index contributed by atoms with van der Waals surface area (Å²) in [5.74, 6) is -0.397. The first-order valence-corrected chi connectivity index (χ1v) is 16.5. The molecular weight excluding hydrogens is 741 g/mol. The van der Waals surface area contributed by atoms with Gasteiger partial charge in [0.05, 0.1) is 57.6 Å². The zero-order valence-corrected chi connectivity index (χ0v) is 28.8. The molecule has 6 aromatic carbocycles. The lowest BCUT2D eigenvalue weighted by atomic mass is 10.0. The van der Waals surface area contributed by atoms with Crippen molar-refractivity contribution in [1.29, 1.82) is 21.0 Å². The first kappa shape index (κ1) is 32.9. The summed E-state index contributed by atoms with van der Waals surface area (Å²) in [5.41, 5.74) is 10.5. The summed E-state index contributed by atoms with van der Waals surface area (Å²) >= 11 is 6.55. The maximum Gasteiger partial charge on any atom is 0.125 e. The number of halogens is 3. The number of hydrogen-bond donors (Lipinski definition) is 0. The molecule has 0 aliphatic heterocycles. The van der Waals surface area contributed by atoms with Crippen molar-refractivity contribution in [3.8, 4) is 41.1 Å². The lowest BCUT2D eigenvalue weighted by molar-refractivity contribution is 0.626. The highest BCUT2D eigenvalue weighted by atomic mass is 79.9. The predicted molar refractivity (Wildman–Crippen MR) is 196 cm³/mol. The van der Waals surface area contributed by atoms with Gasteiger partial charge in [-0.25, -0.2) is 4.39 Å². The number of hydrogen-bond acceptors (Lipinski definition) is 4. The number of nitrogens with zero attached hydrogens (tertiary/aromatic N) is 5. The number of aromatic nitrogens is 1. The minimum Gasteiger partial charge on any atom is -0.309 e. The molecule has 8 heteroatoms. The monoisotopic (exact) mass is 761 g/mol. The van der Waals surface area contributed by atoms with Crippen LogP contribution in [-0.4, -0.2) is 4.57 Å². The van der Waals surface area contributed by atoms with Gasteiger partial charge in [0.25, 0.3) is 0 Å². The van der Waals surface area contributed by atoms with Crippen molar-refractivity contribution in [2.24, 2.45) is 0 Å². The minimum atomic E-state index is -0.397. The smallest absolute Gasteiger partial charge is 0.125 e. The number of fused-ring (bicyclic) bond motifs is 6. The normalized spacial score (nSPS) is 10.6. The summed E-state index contributed by atoms with van der Waals surface area (Å²) in [4.78, 5) is 0. The van der Waals surface area contributed by atoms with Gasteiger partial charge in [-0.3, -0.25) is 0 Å². The molecule has 0 saturated heterocycles. The topological polar surface area (TPSA) is 100 Å². The van der Waals surface area contributed by atoms with Crippen LogP contribution in [0.2, 0.25) is 0 Å². The van der Waals surface area contributed by atoms with E-state index >= 15 is 0 Å². The maximum absolute atomic E-state index is 12.4. The van der Waals surface area contributed by atoms with E-state index in [1.165, 1.54) is 34.4 Å². The molecule has 0 fully saturated rings. The second-order valence-corrected chi connectivity index (χ2v) is 12.9. The highest BCUT2D eigenvalue weighted by molar-refractivity contribution is 9.10. The molecule has 49 heavy (non-hydrogen) atoms. The summed E-state index contributed by atoms with van der Waals surface area (Å²) < 4.78 is 16.0. The van der Waals surface area contributed by atoms with Gasteiger partial charge in [-0.2, -0.15) is 21.0 Å². The minimum absolute atomic E-state index is 0.326. The van der Waals surface area contributed by atoms with Crippen LogP contribution in [-0.2, 0) is 6.42 Å². The SMILES string of the molecule is N#Cc1cc(Br)cc(-n2c3ccccc3c3cc(C#N)ccc32)c1.N#Cc1cc(F)cc(Br)c1.N#Cc1ccc2c(c1)-c1ccccc1C2. The Labute approximate surface area is 299 Å². The predicted octanol–water partition coefficient (Wildman–Crippen LogP) is 10.9. The average Bonchev–Trinajstić information content (AvgIpc) is 3.66. The van der Waals surface area contributed by atoms with Crippen molar-refractivity contribution in [3.63, 3.8) is 0 Å². The quantitative estimate of drug-likeness (QED) is 0.166. The van der Waals surface area contributed by atoms with E-state index in [-0.39, 0.29) is 0 Å². The highest BCUT2D eigenvalue weighted by Crippen LogP contribution is 2.37. The van der Waals surface area contributed by atoms with Crippen LogP contribution in [0.15, 0.2) is 130 Å². The Balaban J connectivity index is 0.000000142. The Morgan fingerprint density at radius 1 is 0.510 bits per heavy atom. The summed E-state index contributed by atoms with van der Waals surface area (Å²) in [6.07, 6.45) is 0.997. The summed E-state index contributed by atoms with van der Waals surface area (Å²) in [5, 5.41) is 37.8. The third-order valence-corrected chi connectivity index (χ3v) is 8.91. The molecule has 1 heterocycles. The van der Waals surface area contributed by atoms with Gasteiger partial charge >= 0.3 is 0 Å². The van der Waals surface area contributed by atoms with Gasteiger partial charge in [0.15, 0.2) is 0 Å². The van der Waals surface area contributed by atoms with Gasteiger partial charge in [0.2, 0.25) is 0 Å². The van der Waals surface area contributed by atoms with Crippen LogP contribution >= 0.6 is 31.9 Å². The molecule has 1 aromatic heterocycles. The summed E-state index contributed by atoms with van der Waals surface area (Å²) in [6, 6.07) is 46.3. The van der Waals surface area contributed by atoms with E-state index in [0.29, 0.717) is 21.2 Å². The van der Waals surface area contributed by atoms with Gasteiger partial charge < -0.3 is 4.57 Å². The van der Waals surface area contributed by atoms with Crippen LogP contribution in [0.4, 0.5) is 4.39 Å². The second kappa shape index (κ2) is 14.4. The highest BCUT2D eigenvalue weighted by Gasteiger charge is 2.17. The Morgan fingerprint density at radius 2 is 1.10 bits per heavy atom. The summed E-state index contributed by atoms with van der Waals surface area (Å²) in [6.45, 7) is 0. The van der Waals surface area contributed by atoms with Crippen molar-refractivity contribution in [1.82, 2.24) is 4.57 Å². The molecule has 0 radical (unpaired) electrons. The van der Waals surface area contributed by atoms with E-state index in [2.05, 4.69) is 85.0 Å². The Morgan fingerprint density at radius 3 is 1.84 bits per heavy atom. The molecule has 1 aliphatic rings. The fraction of sp³-hybridized carbons (Fsp3) is 0.0244. The van der Waals surface area contributed by atoms with Gasteiger partial charge in [0, 0.05) is 25.4 Å². The number of para-hydroxylation sites is 1. The molecule has 7 aromatic rings. The van der Waals surface area contributed by atoms with Crippen molar-refractivity contribution in [2.45, 2.75) is 6.42 Å². The maximum atomic E-state index is 12.4. The Hall–Kier alpha value is -6.03. The van der Waals surface area contributed by atoms with Crippen LogP contribution in [0.3, 0.4) is 0 Å². The standard InChI is InChI=1S/C20H10BrN3.C14H9N.C7H3BrFN/c21-15-7-14(12-23)8-16(10-15)24-19-4-2-1-3-17(19)18-9-13(11-22)5-6-20(18)24;15-9-10-5-6-12-8-11-3-1-2-4-13(11)14(12)7-10;8-6-1-5(4-10)2-7(9)3-6/h1-10H;1-7H,8H2;1-3H. The van der Waals surface area contributed by atoms with Crippen LogP contribution in [0.1, 0.15) is 33.4 Å². The Kier molecular flexibility index (Phi) is 9.66. The fourth-order valence-corrected chi connectivity index (χ4v) is 6.85. The molecule has 5 nitrogen and oxygen atoms in total. The van der Waals surface area contributed by atoms with Gasteiger partial charge in [-0.05, 0) is 101 Å². The molecule has 0 atom stereocenters. The molecule has 0 bridgehead atoms. The van der Waals surface area contributed by atoms with Crippen LogP contribution in [0.25, 0.3) is 38.6 Å². The van der Waals surface area contributed by atoms with Gasteiger partial charge in [0.1, 0.15) is 5.82 Å². The fourth-order valence-electron chi connectivity index (χ4n) is 5.90. The molecule has 0 amide bonds. The molecule has 0 N–H and O–H groups in total. The second-order valence-electron chi connectivity index (χ2n) is 11.1. The largest absolute Gasteiger partial charge is 0.309 e. The number of nitriles is 4. The van der Waals surface area contributed by atoms with E-state index in [4.69, 9.17) is 10.5 Å². The lowest BCUT2D eigenvalue weighted by Gasteiger charge is -2.09.